The molecule has 27 heavy (non-hydrogen) atoms. The Morgan fingerprint density at radius 2 is 0.778 bits per heavy atom. The van der Waals surface area contributed by atoms with E-state index in [4.69, 9.17) is 0 Å². The zero-order valence-corrected chi connectivity index (χ0v) is 21.4. The van der Waals surface area contributed by atoms with Crippen LogP contribution in [0.2, 0.25) is 8.26 Å². The van der Waals surface area contributed by atoms with Gasteiger partial charge < -0.3 is 0 Å². The molecule has 0 atom stereocenters. The molecule has 0 aliphatic carbocycles. The van der Waals surface area contributed by atoms with Gasteiger partial charge >= 0.3 is 178 Å². The molecule has 0 amide bonds. The molecule has 0 unspecified atom stereocenters. The average molecular weight is 458 g/mol. The van der Waals surface area contributed by atoms with E-state index in [2.05, 4.69) is 0 Å². The Kier molecular flexibility index (Phi) is 9.22. The Bertz CT molecular complexity index is 534. The molecule has 0 aliphatic rings. The summed E-state index contributed by atoms with van der Waals surface area (Å²) >= 11 is -0.993. The number of hydrogen-bond acceptors (Lipinski definition) is 4. The first kappa shape index (κ1) is 26.6. The molecule has 5 heteroatoms. The monoisotopic (exact) mass is 456 g/mol. The van der Waals surface area contributed by atoms with Crippen molar-refractivity contribution in [1.29, 1.82) is 0 Å². The summed E-state index contributed by atoms with van der Waals surface area (Å²) in [7, 11) is 0. The number of ketones is 4. The predicted molar refractivity (Wildman–Crippen MR) is 105 cm³/mol. The van der Waals surface area contributed by atoms with Crippen molar-refractivity contribution in [1.82, 2.24) is 0 Å². The van der Waals surface area contributed by atoms with Crippen molar-refractivity contribution in [2.45, 2.75) is 90.3 Å². The first-order valence-corrected chi connectivity index (χ1v) is 13.1. The number of carbonyl (C=O) groups excluding carboxylic acids is 4. The van der Waals surface area contributed by atoms with Crippen molar-refractivity contribution in [3.63, 3.8) is 0 Å². The van der Waals surface area contributed by atoms with Crippen LogP contribution in [0.4, 0.5) is 0 Å². The van der Waals surface area contributed by atoms with Gasteiger partial charge in [-0.2, -0.15) is 0 Å². The van der Waals surface area contributed by atoms with Crippen LogP contribution in [0.15, 0.2) is 0 Å². The van der Waals surface area contributed by atoms with Crippen LogP contribution in [-0.2, 0) is 42.4 Å². The molecule has 0 saturated carbocycles. The van der Waals surface area contributed by atoms with Crippen LogP contribution in [-0.4, -0.2) is 23.1 Å². The van der Waals surface area contributed by atoms with Gasteiger partial charge in [0.05, 0.1) is 0 Å². The molecule has 154 valence electrons. The summed E-state index contributed by atoms with van der Waals surface area (Å²) in [4.78, 5) is 49.4. The van der Waals surface area contributed by atoms with Gasteiger partial charge in [-0.3, -0.25) is 0 Å². The van der Waals surface area contributed by atoms with Gasteiger partial charge in [0.2, 0.25) is 0 Å². The first-order chi connectivity index (χ1) is 11.8. The van der Waals surface area contributed by atoms with E-state index < -0.39 is 44.9 Å². The van der Waals surface area contributed by atoms with Gasteiger partial charge in [0.1, 0.15) is 0 Å². The van der Waals surface area contributed by atoms with Crippen LogP contribution in [0.3, 0.4) is 0 Å². The molecule has 0 aromatic carbocycles. The molecule has 0 bridgehead atoms. The molecule has 0 aromatic heterocycles. The standard InChI is InChI=1S/2C11H19O2.Zr/c2*1-10(2,3)8(12)7-9(13)11(4,5)6;/h2*1,7H2,2-6H3;. The maximum atomic E-state index is 12.6. The molecule has 0 aliphatic heterocycles. The summed E-state index contributed by atoms with van der Waals surface area (Å²) < 4.78 is 1.58. The Hall–Kier alpha value is -0.437. The van der Waals surface area contributed by atoms with Crippen LogP contribution in [0, 0.1) is 21.7 Å². The van der Waals surface area contributed by atoms with E-state index in [1.807, 2.05) is 69.2 Å². The fourth-order valence-electron chi connectivity index (χ4n) is 2.19. The minimum atomic E-state index is -0.993. The SMILES string of the molecule is CC(C)(C)C(=O)CC(=O)C(C)(C)[CH2][Zr][CH2]C(C)(C)C(=O)CC(=O)C(C)(C)C. The number of carbonyl (C=O) groups is 4. The molecule has 0 heterocycles. The summed E-state index contributed by atoms with van der Waals surface area (Å²) in [5.41, 5.74) is -2.04. The van der Waals surface area contributed by atoms with Gasteiger partial charge in [0.15, 0.2) is 0 Å². The predicted octanol–water partition coefficient (Wildman–Crippen LogP) is 5.11. The Balaban J connectivity index is 4.74. The zero-order valence-electron chi connectivity index (χ0n) is 19.0. The number of rotatable bonds is 10. The summed E-state index contributed by atoms with van der Waals surface area (Å²) in [6, 6.07) is 0. The van der Waals surface area contributed by atoms with E-state index in [0.29, 0.717) is 0 Å². The minimum absolute atomic E-state index is 0.00429. The molecule has 0 radical (unpaired) electrons. The average Bonchev–Trinajstić information content (AvgIpc) is 2.44. The van der Waals surface area contributed by atoms with Gasteiger partial charge in [0, 0.05) is 0 Å². The van der Waals surface area contributed by atoms with Gasteiger partial charge in [0.25, 0.3) is 0 Å². The molecule has 0 N–H and O–H groups in total. The second-order valence-electron chi connectivity index (χ2n) is 10.9. The van der Waals surface area contributed by atoms with Crippen LogP contribution >= 0.6 is 0 Å². The van der Waals surface area contributed by atoms with Gasteiger partial charge in [-0.1, -0.05) is 0 Å². The molecule has 0 fully saturated rings. The number of Topliss-reactive ketones (excluding diaryl/α,β-unsaturated/α-hetero) is 4. The Labute approximate surface area is 177 Å². The van der Waals surface area contributed by atoms with Crippen LogP contribution < -0.4 is 0 Å². The molecule has 0 saturated heterocycles. The normalized spacial score (nSPS) is 13.3. The number of hydrogen-bond donors (Lipinski definition) is 0. The Morgan fingerprint density at radius 3 is 1.00 bits per heavy atom. The van der Waals surface area contributed by atoms with Crippen molar-refractivity contribution >= 4 is 23.1 Å². The third-order valence-electron chi connectivity index (χ3n) is 4.96. The van der Waals surface area contributed by atoms with Crippen molar-refractivity contribution in [2.24, 2.45) is 21.7 Å². The fourth-order valence-corrected chi connectivity index (χ4v) is 6.53. The Morgan fingerprint density at radius 1 is 0.519 bits per heavy atom. The van der Waals surface area contributed by atoms with E-state index in [1.54, 1.807) is 0 Å². The third kappa shape index (κ3) is 9.07. The van der Waals surface area contributed by atoms with Crippen molar-refractivity contribution in [3.05, 3.63) is 0 Å². The molecule has 0 rings (SSSR count). The maximum absolute atomic E-state index is 12.6. The quantitative estimate of drug-likeness (QED) is 0.428. The fraction of sp³-hybridized carbons (Fsp3) is 0.818. The van der Waals surface area contributed by atoms with Crippen LogP contribution in [0.5, 0.6) is 0 Å². The summed E-state index contributed by atoms with van der Waals surface area (Å²) in [6.07, 6.45) is -0.0311. The molecule has 0 aromatic rings. The second kappa shape index (κ2) is 9.37. The van der Waals surface area contributed by atoms with E-state index in [1.165, 1.54) is 0 Å². The van der Waals surface area contributed by atoms with E-state index in [9.17, 15) is 19.2 Å². The van der Waals surface area contributed by atoms with Gasteiger partial charge in [-0.15, -0.1) is 0 Å². The first-order valence-electron chi connectivity index (χ1n) is 9.64. The van der Waals surface area contributed by atoms with Crippen molar-refractivity contribution < 1.29 is 42.4 Å². The van der Waals surface area contributed by atoms with Gasteiger partial charge in [-0.05, 0) is 0 Å². The van der Waals surface area contributed by atoms with Gasteiger partial charge in [-0.25, -0.2) is 0 Å². The third-order valence-corrected chi connectivity index (χ3v) is 10.5. The van der Waals surface area contributed by atoms with E-state index >= 15 is 0 Å². The summed E-state index contributed by atoms with van der Waals surface area (Å²) in [5.74, 6) is -0.0601. The molecule has 4 nitrogen and oxygen atoms in total. The molecular formula is C22H38O4Zr. The zero-order chi connectivity index (χ0) is 21.8. The van der Waals surface area contributed by atoms with E-state index in [-0.39, 0.29) is 36.0 Å². The van der Waals surface area contributed by atoms with Crippen molar-refractivity contribution in [2.75, 3.05) is 0 Å². The molecular weight excluding hydrogens is 419 g/mol. The van der Waals surface area contributed by atoms with Crippen LogP contribution in [0.1, 0.15) is 82.1 Å². The summed E-state index contributed by atoms with van der Waals surface area (Å²) in [6.45, 7) is 18.6. The summed E-state index contributed by atoms with van der Waals surface area (Å²) in [5, 5.41) is 0. The van der Waals surface area contributed by atoms with Crippen molar-refractivity contribution in [3.8, 4) is 0 Å². The topological polar surface area (TPSA) is 68.3 Å². The molecule has 0 spiro atoms. The van der Waals surface area contributed by atoms with E-state index in [0.717, 1.165) is 8.26 Å². The second-order valence-corrected chi connectivity index (χ2v) is 13.9. The van der Waals surface area contributed by atoms with Crippen LogP contribution in [0.25, 0.3) is 0 Å².